The van der Waals surface area contributed by atoms with Gasteiger partial charge in [0, 0.05) is 12.6 Å². The largest absolute Gasteiger partial charge is 0.748 e. The molecule has 0 aliphatic carbocycles. The number of piperidine rings is 1. The first kappa shape index (κ1) is 18.9. The van der Waals surface area contributed by atoms with Crippen LogP contribution < -0.4 is 10.8 Å². The van der Waals surface area contributed by atoms with E-state index in [-0.39, 0.29) is 18.6 Å². The lowest BCUT2D eigenvalue weighted by Gasteiger charge is -2.29. The minimum Gasteiger partial charge on any atom is -0.748 e. The minimum atomic E-state index is -2.83. The van der Waals surface area contributed by atoms with Crippen LogP contribution in [0.1, 0.15) is 19.3 Å². The summed E-state index contributed by atoms with van der Waals surface area (Å²) in [4.78, 5) is 31.1. The zero-order chi connectivity index (χ0) is 18.0. The van der Waals surface area contributed by atoms with Gasteiger partial charge in [0.25, 0.3) is 5.91 Å². The van der Waals surface area contributed by atoms with E-state index in [0.29, 0.717) is 25.4 Å². The van der Waals surface area contributed by atoms with Crippen LogP contribution in [-0.2, 0) is 25.3 Å². The molecular weight excluding hydrogens is 372 g/mol. The summed E-state index contributed by atoms with van der Waals surface area (Å²) in [5.74, 6) is 0.895. The van der Waals surface area contributed by atoms with Crippen LogP contribution in [-0.4, -0.2) is 74.2 Å². The van der Waals surface area contributed by atoms with Crippen LogP contribution in [0.2, 0.25) is 0 Å². The van der Waals surface area contributed by atoms with Gasteiger partial charge in [0.1, 0.15) is 17.4 Å². The molecule has 0 radical (unpaired) electrons. The van der Waals surface area contributed by atoms with E-state index >= 15 is 0 Å². The number of carbonyl (C=O) groups excluding carboxylic acids is 2. The van der Waals surface area contributed by atoms with Gasteiger partial charge in [-0.2, -0.15) is 22.0 Å². The number of nitrogens with one attached hydrogen (secondary N) is 2. The molecule has 3 amide bonds. The van der Waals surface area contributed by atoms with Crippen molar-refractivity contribution in [2.45, 2.75) is 37.4 Å². The lowest BCUT2D eigenvalue weighted by atomic mass is 10.0. The van der Waals surface area contributed by atoms with Gasteiger partial charge >= 0.3 is 6.03 Å². The molecule has 3 heterocycles. The first-order valence-corrected chi connectivity index (χ1v) is 9.76. The van der Waals surface area contributed by atoms with Crippen molar-refractivity contribution in [1.82, 2.24) is 20.8 Å². The molecule has 2 N–H and O–H groups in total. The standard InChI is InChI=1S/C13H22N4O6S2/c18-12(15-22-6-9-3-8(7-24)4-14-9)11-2-1-10-5-16(11)13(19)17(10)23-25(20)21/h8-11,14,24H,1-7H2,(H,15,18)(H,20,21)/p-1/t8-,9-,10?,11?/m0/s1. The van der Waals surface area contributed by atoms with Gasteiger partial charge in [-0.1, -0.05) is 0 Å². The molecule has 0 aromatic rings. The fourth-order valence-corrected chi connectivity index (χ4v) is 4.11. The zero-order valence-corrected chi connectivity index (χ0v) is 15.2. The highest BCUT2D eigenvalue weighted by Gasteiger charge is 2.48. The summed E-state index contributed by atoms with van der Waals surface area (Å²) in [5.41, 5.74) is 2.40. The Morgan fingerprint density at radius 1 is 1.48 bits per heavy atom. The number of nitrogens with zero attached hydrogens (tertiary/aromatic N) is 2. The van der Waals surface area contributed by atoms with Crippen LogP contribution in [0.3, 0.4) is 0 Å². The van der Waals surface area contributed by atoms with Gasteiger partial charge in [0.15, 0.2) is 0 Å². The highest BCUT2D eigenvalue weighted by atomic mass is 32.2. The Hall–Kier alpha value is -0.920. The van der Waals surface area contributed by atoms with Gasteiger partial charge in [0.2, 0.25) is 0 Å². The molecule has 3 saturated heterocycles. The fraction of sp³-hybridized carbons (Fsp3) is 0.846. The van der Waals surface area contributed by atoms with Gasteiger partial charge in [-0.15, -0.1) is 0 Å². The van der Waals surface area contributed by atoms with E-state index in [0.717, 1.165) is 23.8 Å². The third kappa shape index (κ3) is 4.26. The average Bonchev–Trinajstić information content (AvgIpc) is 3.14. The first-order chi connectivity index (χ1) is 12.0. The zero-order valence-electron chi connectivity index (χ0n) is 13.5. The second-order valence-electron chi connectivity index (χ2n) is 6.45. The van der Waals surface area contributed by atoms with E-state index in [1.165, 1.54) is 4.90 Å². The summed E-state index contributed by atoms with van der Waals surface area (Å²) >= 11 is 1.44. The van der Waals surface area contributed by atoms with Crippen LogP contribution in [0.25, 0.3) is 0 Å². The van der Waals surface area contributed by atoms with Crippen LogP contribution in [0, 0.1) is 5.92 Å². The molecule has 12 heteroatoms. The summed E-state index contributed by atoms with van der Waals surface area (Å²) in [7, 11) is 0. The Balaban J connectivity index is 1.47. The van der Waals surface area contributed by atoms with E-state index < -0.39 is 29.3 Å². The lowest BCUT2D eigenvalue weighted by Crippen LogP contribution is -2.50. The van der Waals surface area contributed by atoms with Crippen molar-refractivity contribution in [3.63, 3.8) is 0 Å². The van der Waals surface area contributed by atoms with Crippen molar-refractivity contribution in [3.8, 4) is 0 Å². The lowest BCUT2D eigenvalue weighted by molar-refractivity contribution is -0.139. The Labute approximate surface area is 153 Å². The second kappa shape index (κ2) is 8.18. The molecule has 3 aliphatic heterocycles. The van der Waals surface area contributed by atoms with Crippen molar-refractivity contribution < 1.29 is 27.5 Å². The number of hydroxylamine groups is 3. The summed E-state index contributed by atoms with van der Waals surface area (Å²) in [6, 6.07) is -1.52. The van der Waals surface area contributed by atoms with Crippen LogP contribution >= 0.6 is 12.6 Å². The number of fused-ring (bicyclic) bond motifs is 2. The van der Waals surface area contributed by atoms with E-state index in [1.54, 1.807) is 0 Å². The molecule has 25 heavy (non-hydrogen) atoms. The maximum atomic E-state index is 12.3. The van der Waals surface area contributed by atoms with Crippen molar-refractivity contribution in [3.05, 3.63) is 0 Å². The molecule has 10 nitrogen and oxygen atoms in total. The Morgan fingerprint density at radius 3 is 2.96 bits per heavy atom. The van der Waals surface area contributed by atoms with Crippen LogP contribution in [0.4, 0.5) is 4.79 Å². The number of carbonyl (C=O) groups is 2. The highest BCUT2D eigenvalue weighted by Crippen LogP contribution is 2.30. The van der Waals surface area contributed by atoms with Gasteiger partial charge < -0.3 is 14.8 Å². The Morgan fingerprint density at radius 2 is 2.28 bits per heavy atom. The smallest absolute Gasteiger partial charge is 0.346 e. The van der Waals surface area contributed by atoms with Crippen LogP contribution in [0.5, 0.6) is 0 Å². The molecule has 3 aliphatic rings. The van der Waals surface area contributed by atoms with Crippen LogP contribution in [0.15, 0.2) is 0 Å². The van der Waals surface area contributed by atoms with E-state index in [1.807, 2.05) is 0 Å². The van der Waals surface area contributed by atoms with Crippen molar-refractivity contribution in [2.24, 2.45) is 5.92 Å². The summed E-state index contributed by atoms with van der Waals surface area (Å²) in [6.07, 6.45) is 1.83. The van der Waals surface area contributed by atoms with E-state index in [9.17, 15) is 18.4 Å². The van der Waals surface area contributed by atoms with Gasteiger partial charge in [-0.3, -0.25) is 9.63 Å². The number of amides is 3. The van der Waals surface area contributed by atoms with Gasteiger partial charge in [0.05, 0.1) is 12.6 Å². The molecule has 0 aromatic carbocycles. The topological polar surface area (TPSA) is 123 Å². The first-order valence-electron chi connectivity index (χ1n) is 8.13. The number of hydrogen-bond acceptors (Lipinski definition) is 8. The number of urea groups is 1. The molecule has 3 fully saturated rings. The number of rotatable bonds is 7. The maximum Gasteiger partial charge on any atom is 0.346 e. The van der Waals surface area contributed by atoms with Crippen molar-refractivity contribution >= 4 is 35.9 Å². The molecule has 0 aromatic heterocycles. The van der Waals surface area contributed by atoms with E-state index in [2.05, 4.69) is 27.7 Å². The average molecular weight is 393 g/mol. The van der Waals surface area contributed by atoms with E-state index in [4.69, 9.17) is 4.84 Å². The Kier molecular flexibility index (Phi) is 6.17. The number of hydrogen-bond donors (Lipinski definition) is 3. The third-order valence-corrected chi connectivity index (χ3v) is 5.59. The summed E-state index contributed by atoms with van der Waals surface area (Å²) in [5, 5.41) is 4.11. The normalized spacial score (nSPS) is 33.0. The monoisotopic (exact) mass is 393 g/mol. The fourth-order valence-electron chi connectivity index (χ4n) is 3.52. The van der Waals surface area contributed by atoms with Gasteiger partial charge in [-0.05, 0) is 37.5 Å². The predicted octanol–water partition coefficient (Wildman–Crippen LogP) is -1.06. The number of thiol groups is 1. The molecule has 3 unspecified atom stereocenters. The quantitative estimate of drug-likeness (QED) is 0.286. The molecule has 5 atom stereocenters. The molecule has 2 bridgehead atoms. The highest BCUT2D eigenvalue weighted by molar-refractivity contribution is 7.80. The Bertz CT molecular complexity index is 553. The minimum absolute atomic E-state index is 0.164. The van der Waals surface area contributed by atoms with Gasteiger partial charge in [-0.25, -0.2) is 14.5 Å². The second-order valence-corrected chi connectivity index (χ2v) is 7.38. The summed E-state index contributed by atoms with van der Waals surface area (Å²) < 4.78 is 25.9. The van der Waals surface area contributed by atoms with Crippen molar-refractivity contribution in [2.75, 3.05) is 25.4 Å². The third-order valence-electron chi connectivity index (χ3n) is 4.80. The molecule has 3 rings (SSSR count). The summed E-state index contributed by atoms with van der Waals surface area (Å²) in [6.45, 7) is 1.47. The van der Waals surface area contributed by atoms with Crippen molar-refractivity contribution in [1.29, 1.82) is 0 Å². The maximum absolute atomic E-state index is 12.3. The molecular formula is C13H21N4O6S2-. The molecule has 0 saturated carbocycles. The molecule has 142 valence electrons. The predicted molar refractivity (Wildman–Crippen MR) is 88.6 cm³/mol. The molecule has 0 spiro atoms. The SMILES string of the molecule is O=C(NOC[C@@H]1C[C@H](CS)CN1)C1CCC2CN1C(=O)N2OS(=O)[O-].